The van der Waals surface area contributed by atoms with Crippen molar-refractivity contribution in [3.05, 3.63) is 22.5 Å². The normalized spacial score (nSPS) is 12.9. The van der Waals surface area contributed by atoms with Gasteiger partial charge in [0.05, 0.1) is 17.4 Å². The zero-order chi connectivity index (χ0) is 14.2. The quantitative estimate of drug-likeness (QED) is 0.925. The molecule has 0 radical (unpaired) electrons. The molecule has 1 amide bonds. The summed E-state index contributed by atoms with van der Waals surface area (Å²) in [6.45, 7) is 6.60. The lowest BCUT2D eigenvalue weighted by molar-refractivity contribution is -0.130. The van der Waals surface area contributed by atoms with E-state index in [0.717, 1.165) is 16.3 Å². The lowest BCUT2D eigenvalue weighted by Gasteiger charge is -2.18. The van der Waals surface area contributed by atoms with Crippen LogP contribution in [0.3, 0.4) is 0 Å². The third-order valence-corrected chi connectivity index (χ3v) is 4.03. The number of hydrogen-bond donors (Lipinski definition) is 1. The van der Waals surface area contributed by atoms with E-state index >= 15 is 0 Å². The Morgan fingerprint density at radius 2 is 2.21 bits per heavy atom. The molecule has 5 nitrogen and oxygen atoms in total. The summed E-state index contributed by atoms with van der Waals surface area (Å²) >= 11 is 1.68. The Bertz CT molecular complexity index is 599. The van der Waals surface area contributed by atoms with Crippen LogP contribution < -0.4 is 5.32 Å². The fraction of sp³-hybridized carbons (Fsp3) is 0.538. The SMILES string of the molecule is Cc1cn2c(CNC(C)C(=O)N(C)C)c(C)nc2s1. The number of hydrogen-bond acceptors (Lipinski definition) is 4. The highest BCUT2D eigenvalue weighted by molar-refractivity contribution is 7.17. The van der Waals surface area contributed by atoms with Crippen molar-refractivity contribution in [2.45, 2.75) is 33.4 Å². The minimum absolute atomic E-state index is 0.0833. The first-order valence-corrected chi connectivity index (χ1v) is 7.10. The standard InChI is InChI=1S/C13H20N4OS/c1-8-7-17-11(9(2)15-13(17)19-8)6-14-10(3)12(18)16(4)5/h7,10,14H,6H2,1-5H3. The van der Waals surface area contributed by atoms with Crippen molar-refractivity contribution in [1.82, 2.24) is 19.6 Å². The van der Waals surface area contributed by atoms with Crippen LogP contribution in [0, 0.1) is 13.8 Å². The number of carbonyl (C=O) groups excluding carboxylic acids is 1. The summed E-state index contributed by atoms with van der Waals surface area (Å²) < 4.78 is 2.11. The minimum Gasteiger partial charge on any atom is -0.347 e. The summed E-state index contributed by atoms with van der Waals surface area (Å²) in [6, 6.07) is -0.195. The summed E-state index contributed by atoms with van der Waals surface area (Å²) in [5, 5.41) is 3.26. The monoisotopic (exact) mass is 280 g/mol. The van der Waals surface area contributed by atoms with Crippen molar-refractivity contribution in [3.8, 4) is 0 Å². The van der Waals surface area contributed by atoms with Crippen molar-refractivity contribution in [2.75, 3.05) is 14.1 Å². The van der Waals surface area contributed by atoms with Gasteiger partial charge < -0.3 is 10.2 Å². The van der Waals surface area contributed by atoms with Gasteiger partial charge in [-0.15, -0.1) is 11.3 Å². The van der Waals surface area contributed by atoms with Gasteiger partial charge in [0.2, 0.25) is 5.91 Å². The number of aromatic nitrogens is 2. The highest BCUT2D eigenvalue weighted by Crippen LogP contribution is 2.20. The number of likely N-dealkylation sites (N-methyl/N-ethyl adjacent to an activating group) is 1. The topological polar surface area (TPSA) is 49.6 Å². The molecule has 0 aliphatic heterocycles. The fourth-order valence-corrected chi connectivity index (χ4v) is 2.94. The number of fused-ring (bicyclic) bond motifs is 1. The smallest absolute Gasteiger partial charge is 0.238 e. The number of nitrogens with one attached hydrogen (secondary N) is 1. The van der Waals surface area contributed by atoms with Crippen LogP contribution in [-0.2, 0) is 11.3 Å². The molecule has 0 bridgehead atoms. The first-order chi connectivity index (χ1) is 8.90. The van der Waals surface area contributed by atoms with E-state index in [0.29, 0.717) is 6.54 Å². The summed E-state index contributed by atoms with van der Waals surface area (Å²) in [6.07, 6.45) is 2.09. The van der Waals surface area contributed by atoms with E-state index in [-0.39, 0.29) is 11.9 Å². The van der Waals surface area contributed by atoms with Crippen molar-refractivity contribution < 1.29 is 4.79 Å². The van der Waals surface area contributed by atoms with Gasteiger partial charge in [-0.25, -0.2) is 4.98 Å². The van der Waals surface area contributed by atoms with E-state index in [2.05, 4.69) is 27.8 Å². The first kappa shape index (κ1) is 14.0. The Morgan fingerprint density at radius 1 is 1.53 bits per heavy atom. The van der Waals surface area contributed by atoms with Crippen molar-refractivity contribution in [2.24, 2.45) is 0 Å². The fourth-order valence-electron chi connectivity index (χ4n) is 2.05. The van der Waals surface area contributed by atoms with E-state index in [1.54, 1.807) is 30.3 Å². The predicted molar refractivity (Wildman–Crippen MR) is 77.5 cm³/mol. The number of aryl methyl sites for hydroxylation is 2. The Hall–Kier alpha value is -1.40. The molecule has 0 fully saturated rings. The van der Waals surface area contributed by atoms with E-state index < -0.39 is 0 Å². The van der Waals surface area contributed by atoms with Crippen molar-refractivity contribution in [3.63, 3.8) is 0 Å². The molecule has 1 N–H and O–H groups in total. The van der Waals surface area contributed by atoms with Crippen molar-refractivity contribution in [1.29, 1.82) is 0 Å². The minimum atomic E-state index is -0.195. The zero-order valence-electron chi connectivity index (χ0n) is 12.0. The van der Waals surface area contributed by atoms with Gasteiger partial charge in [-0.2, -0.15) is 0 Å². The molecule has 1 atom stereocenters. The van der Waals surface area contributed by atoms with Crippen LogP contribution in [0.25, 0.3) is 4.96 Å². The Morgan fingerprint density at radius 3 is 2.84 bits per heavy atom. The molecule has 1 unspecified atom stereocenters. The molecule has 2 aromatic rings. The maximum atomic E-state index is 11.8. The van der Waals surface area contributed by atoms with E-state index in [1.165, 1.54) is 4.88 Å². The molecule has 2 aromatic heterocycles. The average Bonchev–Trinajstić information content (AvgIpc) is 2.80. The summed E-state index contributed by atoms with van der Waals surface area (Å²) in [7, 11) is 3.54. The molecule has 2 heterocycles. The molecule has 104 valence electrons. The predicted octanol–water partition coefficient (Wildman–Crippen LogP) is 1.58. The van der Waals surface area contributed by atoms with Crippen LogP contribution in [0.2, 0.25) is 0 Å². The molecule has 2 rings (SSSR count). The zero-order valence-corrected chi connectivity index (χ0v) is 12.8. The highest BCUT2D eigenvalue weighted by atomic mass is 32.1. The third kappa shape index (κ3) is 2.79. The molecule has 0 aliphatic rings. The van der Waals surface area contributed by atoms with Gasteiger partial charge in [0, 0.05) is 31.7 Å². The molecular formula is C13H20N4OS. The lowest BCUT2D eigenvalue weighted by atomic mass is 10.2. The van der Waals surface area contributed by atoms with E-state index in [1.807, 2.05) is 13.8 Å². The van der Waals surface area contributed by atoms with Gasteiger partial charge in [-0.1, -0.05) is 0 Å². The van der Waals surface area contributed by atoms with Crippen LogP contribution in [0.15, 0.2) is 6.20 Å². The van der Waals surface area contributed by atoms with Crippen molar-refractivity contribution >= 4 is 22.2 Å². The highest BCUT2D eigenvalue weighted by Gasteiger charge is 2.16. The van der Waals surface area contributed by atoms with Crippen LogP contribution in [0.5, 0.6) is 0 Å². The second-order valence-electron chi connectivity index (χ2n) is 4.97. The molecule has 6 heteroatoms. The largest absolute Gasteiger partial charge is 0.347 e. The number of rotatable bonds is 4. The Labute approximate surface area is 117 Å². The van der Waals surface area contributed by atoms with Gasteiger partial charge in [-0.05, 0) is 20.8 Å². The number of carbonyl (C=O) groups is 1. The van der Waals surface area contributed by atoms with E-state index in [9.17, 15) is 4.79 Å². The first-order valence-electron chi connectivity index (χ1n) is 6.28. The van der Waals surface area contributed by atoms with E-state index in [4.69, 9.17) is 0 Å². The number of nitrogens with zero attached hydrogens (tertiary/aromatic N) is 3. The summed E-state index contributed by atoms with van der Waals surface area (Å²) in [5.74, 6) is 0.0833. The molecule has 0 aliphatic carbocycles. The molecule has 0 aromatic carbocycles. The average molecular weight is 280 g/mol. The number of thiazole rings is 1. The van der Waals surface area contributed by atoms with Gasteiger partial charge in [0.1, 0.15) is 0 Å². The second kappa shape index (κ2) is 5.30. The van der Waals surface area contributed by atoms with Crippen LogP contribution in [0.1, 0.15) is 23.2 Å². The molecular weight excluding hydrogens is 260 g/mol. The summed E-state index contributed by atoms with van der Waals surface area (Å²) in [4.78, 5) is 20.2. The number of imidazole rings is 1. The van der Waals surface area contributed by atoms with Gasteiger partial charge in [-0.3, -0.25) is 9.20 Å². The molecule has 0 spiro atoms. The van der Waals surface area contributed by atoms with Gasteiger partial charge in [0.25, 0.3) is 0 Å². The lowest BCUT2D eigenvalue weighted by Crippen LogP contribution is -2.41. The van der Waals surface area contributed by atoms with Gasteiger partial charge in [0.15, 0.2) is 4.96 Å². The molecule has 19 heavy (non-hydrogen) atoms. The number of amides is 1. The van der Waals surface area contributed by atoms with Crippen LogP contribution in [-0.4, -0.2) is 40.3 Å². The Balaban J connectivity index is 2.13. The molecule has 0 saturated carbocycles. The molecule has 0 saturated heterocycles. The van der Waals surface area contributed by atoms with Crippen LogP contribution >= 0.6 is 11.3 Å². The second-order valence-corrected chi connectivity index (χ2v) is 6.19. The maximum absolute atomic E-state index is 11.8. The van der Waals surface area contributed by atoms with Crippen LogP contribution in [0.4, 0.5) is 0 Å². The maximum Gasteiger partial charge on any atom is 0.238 e. The summed E-state index contributed by atoms with van der Waals surface area (Å²) in [5.41, 5.74) is 2.14. The Kier molecular flexibility index (Phi) is 3.91. The van der Waals surface area contributed by atoms with Gasteiger partial charge >= 0.3 is 0 Å². The third-order valence-electron chi connectivity index (χ3n) is 3.13.